The van der Waals surface area contributed by atoms with E-state index < -0.39 is 0 Å². The first-order chi connectivity index (χ1) is 10.3. The van der Waals surface area contributed by atoms with Crippen LogP contribution in [0.15, 0.2) is 28.4 Å². The van der Waals surface area contributed by atoms with E-state index in [2.05, 4.69) is 15.2 Å². The molecule has 2 saturated heterocycles. The Morgan fingerprint density at radius 3 is 2.91 bits per heavy atom. The van der Waals surface area contributed by atoms with Crippen LogP contribution < -0.4 is 5.32 Å². The smallest absolute Gasteiger partial charge is 0.273 e. The molecule has 0 aliphatic carbocycles. The molecule has 0 saturated carbocycles. The van der Waals surface area contributed by atoms with E-state index in [4.69, 9.17) is 4.42 Å². The Kier molecular flexibility index (Phi) is 6.08. The van der Waals surface area contributed by atoms with E-state index in [0.29, 0.717) is 17.8 Å². The molecule has 8 heteroatoms. The Morgan fingerprint density at radius 1 is 1.30 bits per heavy atom. The summed E-state index contributed by atoms with van der Waals surface area (Å²) in [6.45, 7) is 1.91. The zero-order valence-electron chi connectivity index (χ0n) is 12.4. The van der Waals surface area contributed by atoms with Crippen LogP contribution in [0.3, 0.4) is 0 Å². The second kappa shape index (κ2) is 7.66. The van der Waals surface area contributed by atoms with Gasteiger partial charge in [0.25, 0.3) is 5.91 Å². The second-order valence-electron chi connectivity index (χ2n) is 5.64. The number of amides is 1. The number of nitrogens with one attached hydrogen (secondary N) is 1. The number of hydrogen-bond acceptors (Lipinski definition) is 5. The maximum absolute atomic E-state index is 12.8. The lowest BCUT2D eigenvalue weighted by molar-refractivity contribution is 0.0675. The van der Waals surface area contributed by atoms with Gasteiger partial charge in [0.05, 0.1) is 6.26 Å². The summed E-state index contributed by atoms with van der Waals surface area (Å²) in [6, 6.07) is 2.56. The quantitative estimate of drug-likeness (QED) is 0.875. The Morgan fingerprint density at radius 2 is 2.13 bits per heavy atom. The molecule has 4 rings (SSSR count). The Labute approximate surface area is 151 Å². The maximum Gasteiger partial charge on any atom is 0.273 e. The largest absolute Gasteiger partial charge is 0.472 e. The number of aromatic nitrogens is 1. The van der Waals surface area contributed by atoms with E-state index in [-0.39, 0.29) is 30.7 Å². The SMILES string of the molecule is Cl.Cl.O=C(c1csc(-c2ccoc2)n1)N1C2CCNCC1CC2. The number of thiazole rings is 1. The Balaban J connectivity index is 0.000000960. The topological polar surface area (TPSA) is 58.4 Å². The van der Waals surface area contributed by atoms with Crippen LogP contribution in [0.1, 0.15) is 29.8 Å². The van der Waals surface area contributed by atoms with Gasteiger partial charge in [-0.3, -0.25) is 4.79 Å². The van der Waals surface area contributed by atoms with Crippen LogP contribution in [-0.4, -0.2) is 41.0 Å². The molecule has 0 aromatic carbocycles. The molecule has 4 heterocycles. The predicted octanol–water partition coefficient (Wildman–Crippen LogP) is 3.21. The van der Waals surface area contributed by atoms with E-state index in [1.165, 1.54) is 11.3 Å². The Bertz CT molecular complexity index is 633. The molecule has 0 radical (unpaired) electrons. The van der Waals surface area contributed by atoms with Crippen molar-refractivity contribution < 1.29 is 9.21 Å². The lowest BCUT2D eigenvalue weighted by Gasteiger charge is -2.27. The molecule has 2 aromatic rings. The highest BCUT2D eigenvalue weighted by Crippen LogP contribution is 2.31. The van der Waals surface area contributed by atoms with Gasteiger partial charge in [-0.15, -0.1) is 36.2 Å². The number of furan rings is 1. The van der Waals surface area contributed by atoms with E-state index in [1.54, 1.807) is 12.5 Å². The first kappa shape index (κ1) is 18.3. The monoisotopic (exact) mass is 375 g/mol. The first-order valence-electron chi connectivity index (χ1n) is 7.34. The molecule has 2 aromatic heterocycles. The third-order valence-corrected chi connectivity index (χ3v) is 5.27. The summed E-state index contributed by atoms with van der Waals surface area (Å²) in [5, 5.41) is 6.12. The molecular weight excluding hydrogens is 357 g/mol. The van der Waals surface area contributed by atoms with Crippen LogP contribution in [0.2, 0.25) is 0 Å². The third kappa shape index (κ3) is 3.40. The highest BCUT2D eigenvalue weighted by atomic mass is 35.5. The van der Waals surface area contributed by atoms with Crippen molar-refractivity contribution in [3.8, 4) is 10.6 Å². The van der Waals surface area contributed by atoms with Gasteiger partial charge in [-0.05, 0) is 31.9 Å². The van der Waals surface area contributed by atoms with Gasteiger partial charge in [-0.1, -0.05) is 0 Å². The highest BCUT2D eigenvalue weighted by Gasteiger charge is 2.39. The van der Waals surface area contributed by atoms with Crippen molar-refractivity contribution in [1.82, 2.24) is 15.2 Å². The minimum Gasteiger partial charge on any atom is -0.472 e. The van der Waals surface area contributed by atoms with Crippen molar-refractivity contribution in [1.29, 1.82) is 0 Å². The van der Waals surface area contributed by atoms with Crippen LogP contribution in [0.4, 0.5) is 0 Å². The number of fused-ring (bicyclic) bond motifs is 2. The van der Waals surface area contributed by atoms with Crippen LogP contribution in [-0.2, 0) is 0 Å². The molecule has 1 N–H and O–H groups in total. The minimum absolute atomic E-state index is 0. The average Bonchev–Trinajstić information content (AvgIpc) is 3.15. The molecular formula is C15H19Cl2N3O2S. The van der Waals surface area contributed by atoms with Crippen molar-refractivity contribution in [2.24, 2.45) is 0 Å². The third-order valence-electron chi connectivity index (χ3n) is 4.38. The van der Waals surface area contributed by atoms with Gasteiger partial charge < -0.3 is 14.6 Å². The molecule has 2 unspecified atom stereocenters. The second-order valence-corrected chi connectivity index (χ2v) is 6.50. The Hall–Kier alpha value is -1.08. The van der Waals surface area contributed by atoms with E-state index in [1.807, 2.05) is 11.4 Å². The number of carbonyl (C=O) groups is 1. The van der Waals surface area contributed by atoms with Crippen LogP contribution in [0.25, 0.3) is 10.6 Å². The standard InChI is InChI=1S/C15H17N3O2S.2ClH/c19-15(18-11-1-2-12(18)7-16-5-3-11)13-9-21-14(17-13)10-4-6-20-8-10;;/h4,6,8-9,11-12,16H,1-3,5,7H2;2*1H. The van der Waals surface area contributed by atoms with Crippen molar-refractivity contribution >= 4 is 42.1 Å². The summed E-state index contributed by atoms with van der Waals surface area (Å²) in [4.78, 5) is 19.4. The number of hydrogen-bond donors (Lipinski definition) is 1. The van der Waals surface area contributed by atoms with Crippen molar-refractivity contribution in [3.05, 3.63) is 29.7 Å². The van der Waals surface area contributed by atoms with Crippen LogP contribution >= 0.6 is 36.2 Å². The molecule has 2 atom stereocenters. The summed E-state index contributed by atoms with van der Waals surface area (Å²) < 4.78 is 5.08. The lowest BCUT2D eigenvalue weighted by atomic mass is 10.1. The molecule has 1 amide bonds. The lowest BCUT2D eigenvalue weighted by Crippen LogP contribution is -2.42. The van der Waals surface area contributed by atoms with Gasteiger partial charge >= 0.3 is 0 Å². The normalized spacial score (nSPS) is 22.9. The molecule has 2 aliphatic rings. The van der Waals surface area contributed by atoms with Gasteiger partial charge in [0.15, 0.2) is 0 Å². The van der Waals surface area contributed by atoms with Crippen LogP contribution in [0, 0.1) is 0 Å². The van der Waals surface area contributed by atoms with Crippen molar-refractivity contribution in [2.45, 2.75) is 31.3 Å². The van der Waals surface area contributed by atoms with Gasteiger partial charge in [0.2, 0.25) is 0 Å². The van der Waals surface area contributed by atoms with E-state index in [0.717, 1.165) is 42.9 Å². The average molecular weight is 376 g/mol. The maximum atomic E-state index is 12.8. The molecule has 126 valence electrons. The van der Waals surface area contributed by atoms with Gasteiger partial charge in [-0.2, -0.15) is 0 Å². The van der Waals surface area contributed by atoms with Crippen molar-refractivity contribution in [2.75, 3.05) is 13.1 Å². The summed E-state index contributed by atoms with van der Waals surface area (Å²) in [6.07, 6.45) is 6.55. The predicted molar refractivity (Wildman–Crippen MR) is 94.8 cm³/mol. The van der Waals surface area contributed by atoms with Gasteiger partial charge in [0, 0.05) is 29.6 Å². The summed E-state index contributed by atoms with van der Waals surface area (Å²) in [7, 11) is 0. The summed E-state index contributed by atoms with van der Waals surface area (Å²) >= 11 is 1.49. The van der Waals surface area contributed by atoms with E-state index >= 15 is 0 Å². The van der Waals surface area contributed by atoms with Gasteiger partial charge in [-0.25, -0.2) is 4.98 Å². The molecule has 5 nitrogen and oxygen atoms in total. The molecule has 23 heavy (non-hydrogen) atoms. The number of halogens is 2. The molecule has 0 spiro atoms. The summed E-state index contributed by atoms with van der Waals surface area (Å²) in [5.41, 5.74) is 1.49. The van der Waals surface area contributed by atoms with E-state index in [9.17, 15) is 4.79 Å². The zero-order chi connectivity index (χ0) is 14.2. The fraction of sp³-hybridized carbons (Fsp3) is 0.467. The number of nitrogens with zero attached hydrogens (tertiary/aromatic N) is 2. The van der Waals surface area contributed by atoms with Crippen LogP contribution in [0.5, 0.6) is 0 Å². The molecule has 2 bridgehead atoms. The molecule has 2 aliphatic heterocycles. The first-order valence-corrected chi connectivity index (χ1v) is 8.22. The minimum atomic E-state index is 0. The summed E-state index contributed by atoms with van der Waals surface area (Å²) in [5.74, 6) is 0.0807. The van der Waals surface area contributed by atoms with Crippen molar-refractivity contribution in [3.63, 3.8) is 0 Å². The molecule has 2 fully saturated rings. The number of rotatable bonds is 2. The fourth-order valence-corrected chi connectivity index (χ4v) is 4.12. The zero-order valence-corrected chi connectivity index (χ0v) is 14.9. The van der Waals surface area contributed by atoms with Gasteiger partial charge in [0.1, 0.15) is 17.0 Å². The fourth-order valence-electron chi connectivity index (χ4n) is 3.34. The number of carbonyl (C=O) groups excluding carboxylic acids is 1. The highest BCUT2D eigenvalue weighted by molar-refractivity contribution is 7.13.